The summed E-state index contributed by atoms with van der Waals surface area (Å²) in [6.07, 6.45) is 9.96. The molecule has 0 saturated heterocycles. The van der Waals surface area contributed by atoms with Crippen LogP contribution < -0.4 is 5.32 Å². The largest absolute Gasteiger partial charge is 0.377 e. The first-order valence-electron chi connectivity index (χ1n) is 8.08. The van der Waals surface area contributed by atoms with E-state index in [1.54, 1.807) is 0 Å². The molecule has 0 bridgehead atoms. The van der Waals surface area contributed by atoms with Gasteiger partial charge in [-0.1, -0.05) is 40.0 Å². The van der Waals surface area contributed by atoms with E-state index in [2.05, 4.69) is 26.1 Å². The van der Waals surface area contributed by atoms with Gasteiger partial charge < -0.3 is 10.1 Å². The third kappa shape index (κ3) is 2.75. The SMILES string of the molecule is CCCC(C)COC1CC(NCC)C12CCCC2. The molecule has 0 aromatic carbocycles. The van der Waals surface area contributed by atoms with E-state index in [0.29, 0.717) is 11.5 Å². The quantitative estimate of drug-likeness (QED) is 0.746. The second-order valence-electron chi connectivity index (χ2n) is 6.50. The van der Waals surface area contributed by atoms with Gasteiger partial charge in [-0.25, -0.2) is 0 Å². The first-order chi connectivity index (χ1) is 8.73. The van der Waals surface area contributed by atoms with Crippen LogP contribution in [0.4, 0.5) is 0 Å². The maximum Gasteiger partial charge on any atom is 0.0661 e. The minimum absolute atomic E-state index is 0.502. The highest BCUT2D eigenvalue weighted by molar-refractivity contribution is 5.09. The van der Waals surface area contributed by atoms with E-state index >= 15 is 0 Å². The van der Waals surface area contributed by atoms with Gasteiger partial charge in [-0.2, -0.15) is 0 Å². The molecule has 0 aliphatic heterocycles. The smallest absolute Gasteiger partial charge is 0.0661 e. The molecule has 0 radical (unpaired) electrons. The molecular weight excluding hydrogens is 222 g/mol. The van der Waals surface area contributed by atoms with Crippen LogP contribution in [-0.4, -0.2) is 25.3 Å². The van der Waals surface area contributed by atoms with Crippen molar-refractivity contribution >= 4 is 0 Å². The molecule has 0 heterocycles. The van der Waals surface area contributed by atoms with Gasteiger partial charge in [0.1, 0.15) is 0 Å². The van der Waals surface area contributed by atoms with Crippen molar-refractivity contribution in [3.05, 3.63) is 0 Å². The molecule has 0 aromatic heterocycles. The van der Waals surface area contributed by atoms with Crippen LogP contribution in [0.1, 0.15) is 65.7 Å². The summed E-state index contributed by atoms with van der Waals surface area (Å²) >= 11 is 0. The summed E-state index contributed by atoms with van der Waals surface area (Å²) in [6, 6.07) is 0.733. The Balaban J connectivity index is 1.82. The van der Waals surface area contributed by atoms with Crippen LogP contribution in [-0.2, 0) is 4.74 Å². The van der Waals surface area contributed by atoms with Gasteiger partial charge in [-0.15, -0.1) is 0 Å². The third-order valence-corrected chi connectivity index (χ3v) is 5.13. The molecule has 3 unspecified atom stereocenters. The Morgan fingerprint density at radius 1 is 1.28 bits per heavy atom. The van der Waals surface area contributed by atoms with Gasteiger partial charge >= 0.3 is 0 Å². The van der Waals surface area contributed by atoms with E-state index in [0.717, 1.165) is 25.1 Å². The van der Waals surface area contributed by atoms with Gasteiger partial charge in [0.15, 0.2) is 0 Å². The maximum atomic E-state index is 6.27. The molecule has 1 spiro atoms. The minimum atomic E-state index is 0.502. The first-order valence-corrected chi connectivity index (χ1v) is 8.08. The Morgan fingerprint density at radius 3 is 2.61 bits per heavy atom. The average molecular weight is 253 g/mol. The van der Waals surface area contributed by atoms with Crippen LogP contribution >= 0.6 is 0 Å². The van der Waals surface area contributed by atoms with Crippen molar-refractivity contribution in [1.82, 2.24) is 5.32 Å². The lowest BCUT2D eigenvalue weighted by Crippen LogP contribution is -2.62. The van der Waals surface area contributed by atoms with E-state index in [1.807, 2.05) is 0 Å². The molecule has 1 N–H and O–H groups in total. The maximum absolute atomic E-state index is 6.27. The lowest BCUT2D eigenvalue weighted by Gasteiger charge is -2.54. The van der Waals surface area contributed by atoms with E-state index < -0.39 is 0 Å². The number of rotatable bonds is 7. The fourth-order valence-corrected chi connectivity index (χ4v) is 4.07. The summed E-state index contributed by atoms with van der Waals surface area (Å²) in [6.45, 7) is 8.88. The Morgan fingerprint density at radius 2 is 2.00 bits per heavy atom. The van der Waals surface area contributed by atoms with Crippen LogP contribution in [0.15, 0.2) is 0 Å². The fourth-order valence-electron chi connectivity index (χ4n) is 4.07. The molecule has 2 nitrogen and oxygen atoms in total. The zero-order valence-corrected chi connectivity index (χ0v) is 12.5. The second-order valence-corrected chi connectivity index (χ2v) is 6.50. The predicted octanol–water partition coefficient (Wildman–Crippen LogP) is 3.75. The highest BCUT2D eigenvalue weighted by Gasteiger charge is 2.56. The van der Waals surface area contributed by atoms with Crippen molar-refractivity contribution in [1.29, 1.82) is 0 Å². The Labute approximate surface area is 113 Å². The number of hydrogen-bond acceptors (Lipinski definition) is 2. The lowest BCUT2D eigenvalue weighted by molar-refractivity contribution is -0.139. The van der Waals surface area contributed by atoms with E-state index in [9.17, 15) is 0 Å². The third-order valence-electron chi connectivity index (χ3n) is 5.13. The monoisotopic (exact) mass is 253 g/mol. The standard InChI is InChI=1S/C16H31NO/c1-4-8-13(3)12-18-15-11-14(17-5-2)16(15)9-6-7-10-16/h13-15,17H,4-12H2,1-3H3. The first kappa shape index (κ1) is 14.3. The highest BCUT2D eigenvalue weighted by atomic mass is 16.5. The number of nitrogens with one attached hydrogen (secondary N) is 1. The van der Waals surface area contributed by atoms with E-state index in [1.165, 1.54) is 44.9 Å². The van der Waals surface area contributed by atoms with E-state index in [4.69, 9.17) is 4.74 Å². The van der Waals surface area contributed by atoms with Crippen molar-refractivity contribution in [2.24, 2.45) is 11.3 Å². The summed E-state index contributed by atoms with van der Waals surface area (Å²) < 4.78 is 6.27. The molecule has 2 heteroatoms. The summed E-state index contributed by atoms with van der Waals surface area (Å²) in [5, 5.41) is 3.68. The lowest BCUT2D eigenvalue weighted by atomic mass is 9.60. The van der Waals surface area contributed by atoms with Crippen LogP contribution in [0, 0.1) is 11.3 Å². The summed E-state index contributed by atoms with van der Waals surface area (Å²) in [5.74, 6) is 0.728. The van der Waals surface area contributed by atoms with Gasteiger partial charge in [-0.05, 0) is 38.1 Å². The molecule has 2 saturated carbocycles. The molecule has 18 heavy (non-hydrogen) atoms. The highest BCUT2D eigenvalue weighted by Crippen LogP contribution is 2.54. The summed E-state index contributed by atoms with van der Waals surface area (Å²) in [7, 11) is 0. The van der Waals surface area contributed by atoms with Crippen molar-refractivity contribution in [2.45, 2.75) is 77.9 Å². The van der Waals surface area contributed by atoms with Crippen molar-refractivity contribution in [2.75, 3.05) is 13.2 Å². The molecular formula is C16H31NO. The summed E-state index contributed by atoms with van der Waals surface area (Å²) in [5.41, 5.74) is 0.502. The molecule has 0 amide bonds. The number of hydrogen-bond donors (Lipinski definition) is 1. The molecule has 2 rings (SSSR count). The van der Waals surface area contributed by atoms with Gasteiger partial charge in [0.05, 0.1) is 6.10 Å². The zero-order chi connectivity index (χ0) is 13.0. The number of ether oxygens (including phenoxy) is 1. The predicted molar refractivity (Wildman–Crippen MR) is 76.8 cm³/mol. The van der Waals surface area contributed by atoms with Crippen molar-refractivity contribution in [3.63, 3.8) is 0 Å². The molecule has 3 atom stereocenters. The minimum Gasteiger partial charge on any atom is -0.377 e. The Kier molecular flexibility index (Phi) is 5.08. The molecule has 2 fully saturated rings. The second kappa shape index (κ2) is 6.38. The molecule has 0 aromatic rings. The molecule has 2 aliphatic carbocycles. The average Bonchev–Trinajstić information content (AvgIpc) is 2.85. The van der Waals surface area contributed by atoms with Crippen LogP contribution in [0.2, 0.25) is 0 Å². The van der Waals surface area contributed by atoms with Gasteiger partial charge in [0.2, 0.25) is 0 Å². The van der Waals surface area contributed by atoms with Crippen LogP contribution in [0.25, 0.3) is 0 Å². The van der Waals surface area contributed by atoms with Crippen molar-refractivity contribution in [3.8, 4) is 0 Å². The van der Waals surface area contributed by atoms with Gasteiger partial charge in [0.25, 0.3) is 0 Å². The molecule has 2 aliphatic rings. The van der Waals surface area contributed by atoms with Crippen molar-refractivity contribution < 1.29 is 4.74 Å². The normalized spacial score (nSPS) is 31.5. The summed E-state index contributed by atoms with van der Waals surface area (Å²) in [4.78, 5) is 0. The van der Waals surface area contributed by atoms with Gasteiger partial charge in [0, 0.05) is 18.1 Å². The van der Waals surface area contributed by atoms with Crippen LogP contribution in [0.5, 0.6) is 0 Å². The fraction of sp³-hybridized carbons (Fsp3) is 1.00. The topological polar surface area (TPSA) is 21.3 Å². The zero-order valence-electron chi connectivity index (χ0n) is 12.5. The molecule has 106 valence electrons. The Hall–Kier alpha value is -0.0800. The van der Waals surface area contributed by atoms with E-state index in [-0.39, 0.29) is 0 Å². The van der Waals surface area contributed by atoms with Crippen LogP contribution in [0.3, 0.4) is 0 Å². The van der Waals surface area contributed by atoms with Gasteiger partial charge in [-0.3, -0.25) is 0 Å². The Bertz CT molecular complexity index is 247.